The van der Waals surface area contributed by atoms with Crippen molar-refractivity contribution in [2.75, 3.05) is 11.8 Å². The zero-order valence-corrected chi connectivity index (χ0v) is 20.5. The predicted octanol–water partition coefficient (Wildman–Crippen LogP) is 3.85. The normalized spacial score (nSPS) is 18.6. The van der Waals surface area contributed by atoms with Gasteiger partial charge in [0.15, 0.2) is 5.76 Å². The molecule has 0 saturated heterocycles. The number of nitrogens with zero attached hydrogens (tertiary/aromatic N) is 3. The topological polar surface area (TPSA) is 136 Å². The zero-order chi connectivity index (χ0) is 24.9. The highest BCUT2D eigenvalue weighted by Gasteiger charge is 2.28. The highest BCUT2D eigenvalue weighted by molar-refractivity contribution is 7.96. The van der Waals surface area contributed by atoms with E-state index in [2.05, 4.69) is 25.0 Å². The van der Waals surface area contributed by atoms with Crippen molar-refractivity contribution >= 4 is 43.2 Å². The van der Waals surface area contributed by atoms with Crippen LogP contribution < -0.4 is 14.8 Å². The van der Waals surface area contributed by atoms with Crippen molar-refractivity contribution in [3.8, 4) is 27.8 Å². The molecule has 5 heterocycles. The second kappa shape index (κ2) is 8.57. The van der Waals surface area contributed by atoms with E-state index >= 15 is 0 Å². The van der Waals surface area contributed by atoms with Crippen molar-refractivity contribution in [2.45, 2.75) is 13.0 Å². The number of aromatic nitrogens is 3. The lowest BCUT2D eigenvalue weighted by atomic mass is 10.00. The smallest absolute Gasteiger partial charge is 0.258 e. The standard InChI is InChI=1S/C24H19N5O5S2/c1-33-24-18-8-14(10-26-24)20-9-17-22(35-20)21(28-12-27-17)19-6-5-15(34-19)11-25-23(30)13-3-2-4-16(7-13)36(31,32)29-18/h2-6,8-10,12-13,29H,7,11H2,1H3,(H,25,30). The summed E-state index contributed by atoms with van der Waals surface area (Å²) >= 11 is 1.44. The summed E-state index contributed by atoms with van der Waals surface area (Å²) < 4.78 is 41.2. The third-order valence-electron chi connectivity index (χ3n) is 5.94. The van der Waals surface area contributed by atoms with Gasteiger partial charge in [-0.15, -0.1) is 11.3 Å². The first-order valence-electron chi connectivity index (χ1n) is 11.0. The maximum absolute atomic E-state index is 13.3. The van der Waals surface area contributed by atoms with Crippen molar-refractivity contribution in [3.63, 3.8) is 0 Å². The molecule has 1 unspecified atom stereocenters. The quantitative estimate of drug-likeness (QED) is 0.385. The molecular formula is C24H19N5O5S2. The summed E-state index contributed by atoms with van der Waals surface area (Å²) in [4.78, 5) is 26.9. The highest BCUT2D eigenvalue weighted by atomic mass is 32.2. The SMILES string of the molecule is COc1ncc2cc1NS(=O)(=O)C1=CC=CC(C1)C(=O)NCc1ccc(o1)-c1ncnc3cc-2sc13. The number of methoxy groups -OCH3 is 1. The van der Waals surface area contributed by atoms with Crippen LogP contribution in [0.5, 0.6) is 5.88 Å². The lowest BCUT2D eigenvalue weighted by Crippen LogP contribution is -2.31. The number of sulfonamides is 1. The Balaban J connectivity index is 1.53. The van der Waals surface area contributed by atoms with Crippen molar-refractivity contribution in [1.29, 1.82) is 0 Å². The van der Waals surface area contributed by atoms with Gasteiger partial charge in [0.1, 0.15) is 23.5 Å². The number of pyridine rings is 1. The number of anilines is 1. The van der Waals surface area contributed by atoms with Crippen LogP contribution in [0, 0.1) is 5.92 Å². The maximum atomic E-state index is 13.3. The number of hydrogen-bond acceptors (Lipinski definition) is 9. The van der Waals surface area contributed by atoms with E-state index in [4.69, 9.17) is 9.15 Å². The van der Waals surface area contributed by atoms with Crippen molar-refractivity contribution < 1.29 is 22.4 Å². The van der Waals surface area contributed by atoms with Gasteiger partial charge >= 0.3 is 0 Å². The summed E-state index contributed by atoms with van der Waals surface area (Å²) in [7, 11) is -2.57. The van der Waals surface area contributed by atoms with E-state index in [0.717, 1.165) is 9.58 Å². The molecule has 1 aliphatic heterocycles. The Morgan fingerprint density at radius 2 is 2.08 bits per heavy atom. The number of allylic oxidation sites excluding steroid dienone is 3. The molecule has 10 nitrogen and oxygen atoms in total. The molecule has 1 aliphatic carbocycles. The molecule has 0 radical (unpaired) electrons. The van der Waals surface area contributed by atoms with Gasteiger partial charge in [-0.05, 0) is 30.3 Å². The van der Waals surface area contributed by atoms with E-state index in [1.54, 1.807) is 30.5 Å². The van der Waals surface area contributed by atoms with Gasteiger partial charge in [0.2, 0.25) is 11.8 Å². The Kier molecular flexibility index (Phi) is 5.34. The number of ether oxygens (including phenoxy) is 1. The van der Waals surface area contributed by atoms with Gasteiger partial charge in [0.05, 0.1) is 34.7 Å². The van der Waals surface area contributed by atoms with Gasteiger partial charge in [-0.2, -0.15) is 0 Å². The summed E-state index contributed by atoms with van der Waals surface area (Å²) in [6.07, 6.45) is 7.83. The summed E-state index contributed by atoms with van der Waals surface area (Å²) in [5.74, 6) is 0.287. The highest BCUT2D eigenvalue weighted by Crippen LogP contribution is 2.39. The van der Waals surface area contributed by atoms with Gasteiger partial charge in [0, 0.05) is 23.1 Å². The predicted molar refractivity (Wildman–Crippen MR) is 135 cm³/mol. The van der Waals surface area contributed by atoms with Crippen LogP contribution in [0.4, 0.5) is 5.69 Å². The number of nitrogens with one attached hydrogen (secondary N) is 2. The Labute approximate surface area is 209 Å². The van der Waals surface area contributed by atoms with E-state index in [1.807, 2.05) is 12.1 Å². The van der Waals surface area contributed by atoms with Crippen LogP contribution in [0.15, 0.2) is 64.3 Å². The molecule has 4 aromatic rings. The first-order valence-corrected chi connectivity index (χ1v) is 13.3. The van der Waals surface area contributed by atoms with Crippen LogP contribution in [0.2, 0.25) is 0 Å². The van der Waals surface area contributed by atoms with Crippen LogP contribution >= 0.6 is 11.3 Å². The monoisotopic (exact) mass is 521 g/mol. The molecule has 36 heavy (non-hydrogen) atoms. The Morgan fingerprint density at radius 1 is 1.19 bits per heavy atom. The molecule has 2 N–H and O–H groups in total. The van der Waals surface area contributed by atoms with E-state index in [-0.39, 0.29) is 35.3 Å². The second-order valence-electron chi connectivity index (χ2n) is 8.25. The Bertz CT molecular complexity index is 1690. The summed E-state index contributed by atoms with van der Waals surface area (Å²) in [6, 6.07) is 7.15. The molecule has 8 bridgehead atoms. The molecule has 6 rings (SSSR count). The fraction of sp³-hybridized carbons (Fsp3) is 0.167. The van der Waals surface area contributed by atoms with Crippen LogP contribution in [-0.2, 0) is 21.4 Å². The van der Waals surface area contributed by atoms with Gasteiger partial charge in [-0.3, -0.25) is 9.52 Å². The van der Waals surface area contributed by atoms with E-state index in [1.165, 1.54) is 30.8 Å². The lowest BCUT2D eigenvalue weighted by molar-refractivity contribution is -0.123. The van der Waals surface area contributed by atoms with E-state index in [9.17, 15) is 13.2 Å². The zero-order valence-electron chi connectivity index (χ0n) is 18.9. The maximum Gasteiger partial charge on any atom is 0.258 e. The molecule has 0 fully saturated rings. The van der Waals surface area contributed by atoms with Crippen molar-refractivity contribution in [1.82, 2.24) is 20.3 Å². The Morgan fingerprint density at radius 3 is 2.94 bits per heavy atom. The first kappa shape index (κ1) is 22.4. The van der Waals surface area contributed by atoms with E-state index < -0.39 is 15.9 Å². The molecule has 0 aromatic carbocycles. The third-order valence-corrected chi connectivity index (χ3v) is 8.61. The minimum Gasteiger partial charge on any atom is -0.480 e. The van der Waals surface area contributed by atoms with E-state index in [0.29, 0.717) is 28.3 Å². The molecule has 1 amide bonds. The summed E-state index contributed by atoms with van der Waals surface area (Å²) in [5, 5.41) is 2.83. The molecular weight excluding hydrogens is 502 g/mol. The molecule has 4 aromatic heterocycles. The Hall–Kier alpha value is -4.03. The minimum atomic E-state index is -3.99. The summed E-state index contributed by atoms with van der Waals surface area (Å²) in [6.45, 7) is 0.157. The van der Waals surface area contributed by atoms with Gasteiger partial charge in [-0.1, -0.05) is 12.2 Å². The fourth-order valence-electron chi connectivity index (χ4n) is 4.14. The number of rotatable bonds is 1. The molecule has 0 spiro atoms. The van der Waals surface area contributed by atoms with Crippen LogP contribution in [0.25, 0.3) is 32.1 Å². The number of carbonyl (C=O) groups excluding carboxylic acids is 1. The lowest BCUT2D eigenvalue weighted by Gasteiger charge is -2.19. The van der Waals surface area contributed by atoms with Crippen LogP contribution in [0.1, 0.15) is 12.2 Å². The molecule has 182 valence electrons. The van der Waals surface area contributed by atoms with Crippen LogP contribution in [-0.4, -0.2) is 36.4 Å². The molecule has 0 saturated carbocycles. The fourth-order valence-corrected chi connectivity index (χ4v) is 6.45. The minimum absolute atomic E-state index is 0.0162. The van der Waals surface area contributed by atoms with Crippen molar-refractivity contribution in [2.24, 2.45) is 5.92 Å². The van der Waals surface area contributed by atoms with Crippen molar-refractivity contribution in [3.05, 3.63) is 65.7 Å². The molecule has 12 heteroatoms. The number of amides is 1. The van der Waals surface area contributed by atoms with Gasteiger partial charge < -0.3 is 14.5 Å². The average Bonchev–Trinajstić information content (AvgIpc) is 3.54. The number of hydrogen-bond donors (Lipinski definition) is 2. The number of thiophene rings is 1. The summed E-state index contributed by atoms with van der Waals surface area (Å²) in [5.41, 5.74) is 2.21. The largest absolute Gasteiger partial charge is 0.480 e. The number of fused-ring (bicyclic) bond motifs is 9. The molecule has 2 aliphatic rings. The van der Waals surface area contributed by atoms with Gasteiger partial charge in [-0.25, -0.2) is 23.4 Å². The average molecular weight is 522 g/mol. The molecule has 1 atom stereocenters. The first-order chi connectivity index (χ1) is 17.4. The van der Waals surface area contributed by atoms with Gasteiger partial charge in [0.25, 0.3) is 10.0 Å². The third kappa shape index (κ3) is 3.93. The number of furan rings is 1. The second-order valence-corrected chi connectivity index (χ2v) is 11.0. The van der Waals surface area contributed by atoms with Crippen LogP contribution in [0.3, 0.4) is 0 Å². The number of carbonyl (C=O) groups is 1.